The van der Waals surface area contributed by atoms with Gasteiger partial charge in [0, 0.05) is 24.5 Å². The van der Waals surface area contributed by atoms with E-state index in [4.69, 9.17) is 9.47 Å². The quantitative estimate of drug-likeness (QED) is 0.126. The second kappa shape index (κ2) is 15.0. The molecule has 0 bridgehead atoms. The third-order valence-corrected chi connectivity index (χ3v) is 8.83. The number of rotatable bonds is 11. The minimum Gasteiger partial charge on any atom is -0.490 e. The normalized spacial score (nSPS) is 15.8. The lowest BCUT2D eigenvalue weighted by molar-refractivity contribution is -0.115. The number of carbonyl (C=O) groups excluding carboxylic acids is 2. The van der Waals surface area contributed by atoms with Gasteiger partial charge in [-0.3, -0.25) is 9.59 Å². The second-order valence-corrected chi connectivity index (χ2v) is 12.3. The Kier molecular flexibility index (Phi) is 10.2. The van der Waals surface area contributed by atoms with Gasteiger partial charge in [-0.25, -0.2) is 14.8 Å². The van der Waals surface area contributed by atoms with Crippen molar-refractivity contribution in [3.05, 3.63) is 114 Å². The molecule has 0 aliphatic heterocycles. The Labute approximate surface area is 281 Å². The van der Waals surface area contributed by atoms with E-state index in [1.165, 1.54) is 17.8 Å². The van der Waals surface area contributed by atoms with Crippen LogP contribution in [0.5, 0.6) is 17.4 Å². The molecule has 2 aromatic heterocycles. The number of anilines is 1. The Hall–Kier alpha value is -5.42. The topological polar surface area (TPSA) is 140 Å². The summed E-state index contributed by atoms with van der Waals surface area (Å²) in [5.41, 5.74) is 1.55. The molecular formula is C37H34N4O6S. The van der Waals surface area contributed by atoms with E-state index in [0.717, 1.165) is 47.2 Å². The van der Waals surface area contributed by atoms with Gasteiger partial charge in [0.25, 0.3) is 5.91 Å². The van der Waals surface area contributed by atoms with Gasteiger partial charge in [0.05, 0.1) is 29.3 Å². The van der Waals surface area contributed by atoms with Crippen LogP contribution >= 0.6 is 11.8 Å². The van der Waals surface area contributed by atoms with Crippen molar-refractivity contribution < 1.29 is 29.0 Å². The van der Waals surface area contributed by atoms with Gasteiger partial charge in [-0.05, 0) is 96.8 Å². The highest BCUT2D eigenvalue weighted by molar-refractivity contribution is 7.98. The molecule has 10 nitrogen and oxygen atoms in total. The largest absolute Gasteiger partial charge is 0.490 e. The van der Waals surface area contributed by atoms with E-state index in [1.54, 1.807) is 48.8 Å². The monoisotopic (exact) mass is 662 g/mol. The Morgan fingerprint density at radius 1 is 0.854 bits per heavy atom. The van der Waals surface area contributed by atoms with Gasteiger partial charge in [0.15, 0.2) is 0 Å². The van der Waals surface area contributed by atoms with Crippen LogP contribution in [-0.2, 0) is 11.2 Å². The van der Waals surface area contributed by atoms with Crippen molar-refractivity contribution in [2.24, 2.45) is 0 Å². The molecule has 1 aliphatic rings. The van der Waals surface area contributed by atoms with Crippen molar-refractivity contribution in [2.75, 3.05) is 11.6 Å². The molecule has 5 aromatic rings. The molecule has 1 aliphatic carbocycles. The van der Waals surface area contributed by atoms with Gasteiger partial charge in [0.2, 0.25) is 11.8 Å². The van der Waals surface area contributed by atoms with Crippen LogP contribution in [0.1, 0.15) is 52.0 Å². The molecule has 0 saturated heterocycles. The molecule has 3 N–H and O–H groups in total. The van der Waals surface area contributed by atoms with Gasteiger partial charge in [0.1, 0.15) is 16.5 Å². The highest BCUT2D eigenvalue weighted by Gasteiger charge is 2.25. The van der Waals surface area contributed by atoms with Crippen LogP contribution in [0.2, 0.25) is 0 Å². The van der Waals surface area contributed by atoms with Crippen molar-refractivity contribution in [1.82, 2.24) is 15.3 Å². The Morgan fingerprint density at radius 3 is 2.31 bits per heavy atom. The highest BCUT2D eigenvalue weighted by atomic mass is 32.2. The molecule has 2 heterocycles. The second-order valence-electron chi connectivity index (χ2n) is 11.5. The maximum atomic E-state index is 12.8. The van der Waals surface area contributed by atoms with Gasteiger partial charge in [-0.1, -0.05) is 30.3 Å². The lowest BCUT2D eigenvalue weighted by Crippen LogP contribution is -2.39. The van der Waals surface area contributed by atoms with E-state index in [0.29, 0.717) is 22.8 Å². The number of carboxylic acids is 1. The third-order valence-electron chi connectivity index (χ3n) is 8.12. The van der Waals surface area contributed by atoms with Crippen molar-refractivity contribution in [2.45, 2.75) is 49.3 Å². The smallest absolute Gasteiger partial charge is 0.337 e. The molecule has 11 heteroatoms. The molecule has 0 radical (unpaired) electrons. The maximum absolute atomic E-state index is 12.8. The summed E-state index contributed by atoms with van der Waals surface area (Å²) in [6.07, 6.45) is 8.70. The first-order valence-corrected chi connectivity index (χ1v) is 16.8. The average Bonchev–Trinajstić information content (AvgIpc) is 3.10. The number of benzene rings is 3. The van der Waals surface area contributed by atoms with Crippen LogP contribution in [0.25, 0.3) is 10.8 Å². The number of aromatic carboxylic acids is 1. The van der Waals surface area contributed by atoms with Crippen molar-refractivity contribution >= 4 is 46.0 Å². The summed E-state index contributed by atoms with van der Waals surface area (Å²) in [6.45, 7) is 0. The number of amides is 2. The molecule has 0 unspecified atom stereocenters. The van der Waals surface area contributed by atoms with Gasteiger partial charge in [-0.2, -0.15) is 0 Å². The zero-order valence-corrected chi connectivity index (χ0v) is 27.0. The molecule has 1 fully saturated rings. The van der Waals surface area contributed by atoms with Crippen LogP contribution < -0.4 is 20.1 Å². The highest BCUT2D eigenvalue weighted by Crippen LogP contribution is 2.30. The SMILES string of the molecule is CSc1ncccc1C(=O)NC1CCC(Oc2ccc3cc(Oc4ccc(CC(=O)Nc5ccccc5C(=O)O)cn4)ccc3c2)CC1. The van der Waals surface area contributed by atoms with Crippen molar-refractivity contribution in [1.29, 1.82) is 0 Å². The zero-order valence-electron chi connectivity index (χ0n) is 26.2. The molecular weight excluding hydrogens is 628 g/mol. The number of hydrogen-bond acceptors (Lipinski definition) is 8. The number of carbonyl (C=O) groups is 3. The number of aromatic nitrogens is 2. The number of carboxylic acid groups (broad SMARTS) is 1. The fraction of sp³-hybridized carbons (Fsp3) is 0.216. The van der Waals surface area contributed by atoms with Crippen LogP contribution in [0.3, 0.4) is 0 Å². The van der Waals surface area contributed by atoms with E-state index in [1.807, 2.05) is 48.7 Å². The lowest BCUT2D eigenvalue weighted by atomic mass is 9.92. The predicted octanol–water partition coefficient (Wildman–Crippen LogP) is 7.14. The number of nitrogens with one attached hydrogen (secondary N) is 2. The van der Waals surface area contributed by atoms with Gasteiger partial charge >= 0.3 is 5.97 Å². The van der Waals surface area contributed by atoms with Crippen LogP contribution in [0, 0.1) is 0 Å². The van der Waals surface area contributed by atoms with E-state index >= 15 is 0 Å². The summed E-state index contributed by atoms with van der Waals surface area (Å²) < 4.78 is 12.3. The number of ether oxygens (including phenoxy) is 2. The van der Waals surface area contributed by atoms with Crippen molar-refractivity contribution in [3.8, 4) is 17.4 Å². The van der Waals surface area contributed by atoms with Crippen LogP contribution in [-0.4, -0.2) is 51.3 Å². The molecule has 48 heavy (non-hydrogen) atoms. The first-order chi connectivity index (χ1) is 23.3. The predicted molar refractivity (Wildman–Crippen MR) is 184 cm³/mol. The summed E-state index contributed by atoms with van der Waals surface area (Å²) in [4.78, 5) is 45.3. The molecule has 0 atom stereocenters. The fourth-order valence-corrected chi connectivity index (χ4v) is 6.25. The van der Waals surface area contributed by atoms with Gasteiger partial charge in [-0.15, -0.1) is 11.8 Å². The number of thioether (sulfide) groups is 1. The number of hydrogen-bond donors (Lipinski definition) is 3. The third kappa shape index (κ3) is 8.10. The van der Waals surface area contributed by atoms with Gasteiger partial charge < -0.3 is 25.2 Å². The fourth-order valence-electron chi connectivity index (χ4n) is 5.70. The Balaban J connectivity index is 0.992. The molecule has 1 saturated carbocycles. The Bertz CT molecular complexity index is 1940. The molecule has 6 rings (SSSR count). The minimum atomic E-state index is -1.11. The van der Waals surface area contributed by atoms with Crippen LogP contribution in [0.4, 0.5) is 5.69 Å². The molecule has 244 valence electrons. The molecule has 2 amide bonds. The summed E-state index contributed by atoms with van der Waals surface area (Å²) in [6, 6.07) is 25.2. The first kappa shape index (κ1) is 32.5. The standard InChI is InChI=1S/C37H34N4O6S/c1-48-36-31(6-4-18-38-36)35(43)40-26-11-15-27(16-12-26)46-28-13-9-25-21-29(14-10-24(25)20-28)47-34-17-8-23(22-39-34)19-33(42)41-32-7-3-2-5-30(32)37(44)45/h2-10,13-14,17-18,20-22,26-27H,11-12,15-16,19H2,1H3,(H,40,43)(H,41,42)(H,44,45). The van der Waals surface area contributed by atoms with E-state index in [2.05, 4.69) is 20.6 Å². The zero-order chi connectivity index (χ0) is 33.5. The number of para-hydroxylation sites is 1. The molecule has 3 aromatic carbocycles. The summed E-state index contributed by atoms with van der Waals surface area (Å²) in [5, 5.41) is 17.9. The molecule has 0 spiro atoms. The number of nitrogens with zero attached hydrogens (tertiary/aromatic N) is 2. The average molecular weight is 663 g/mol. The van der Waals surface area contributed by atoms with E-state index < -0.39 is 5.97 Å². The van der Waals surface area contributed by atoms with E-state index in [-0.39, 0.29) is 41.6 Å². The number of fused-ring (bicyclic) bond motifs is 1. The van der Waals surface area contributed by atoms with Crippen molar-refractivity contribution in [3.63, 3.8) is 0 Å². The first-order valence-electron chi connectivity index (χ1n) is 15.6. The van der Waals surface area contributed by atoms with E-state index in [9.17, 15) is 19.5 Å². The lowest BCUT2D eigenvalue weighted by Gasteiger charge is -2.29. The number of pyridine rings is 2. The minimum absolute atomic E-state index is 0.0279. The Morgan fingerprint density at radius 2 is 1.58 bits per heavy atom. The summed E-state index contributed by atoms with van der Waals surface area (Å²) in [5.74, 6) is 0.268. The maximum Gasteiger partial charge on any atom is 0.337 e. The summed E-state index contributed by atoms with van der Waals surface area (Å²) in [7, 11) is 0. The summed E-state index contributed by atoms with van der Waals surface area (Å²) >= 11 is 1.47. The van der Waals surface area contributed by atoms with Crippen LogP contribution in [0.15, 0.2) is 102 Å².